The third-order valence-electron chi connectivity index (χ3n) is 4.74. The first-order valence-electron chi connectivity index (χ1n) is 9.15. The van der Waals surface area contributed by atoms with Crippen LogP contribution >= 0.6 is 23.4 Å². The molecule has 144 valence electrons. The fraction of sp³-hybridized carbons (Fsp3) is 0.0833. The number of hydrogen-bond donors (Lipinski definition) is 0. The van der Waals surface area contributed by atoms with Crippen LogP contribution in [0.25, 0.3) is 5.57 Å². The van der Waals surface area contributed by atoms with E-state index in [0.29, 0.717) is 21.2 Å². The van der Waals surface area contributed by atoms with Gasteiger partial charge in [0.05, 0.1) is 16.2 Å². The first kappa shape index (κ1) is 19.5. The van der Waals surface area contributed by atoms with Gasteiger partial charge in [0.25, 0.3) is 11.8 Å². The first-order chi connectivity index (χ1) is 14.0. The molecule has 0 atom stereocenters. The number of thioether (sulfide) groups is 1. The summed E-state index contributed by atoms with van der Waals surface area (Å²) >= 11 is 7.28. The Hall–Kier alpha value is -2.82. The number of amides is 2. The molecule has 0 aliphatic carbocycles. The van der Waals surface area contributed by atoms with Gasteiger partial charge in [0.2, 0.25) is 0 Å². The molecule has 5 heteroatoms. The second kappa shape index (κ2) is 7.90. The molecule has 4 rings (SSSR count). The number of halogens is 1. The summed E-state index contributed by atoms with van der Waals surface area (Å²) in [5.74, 6) is -0.603. The van der Waals surface area contributed by atoms with E-state index in [-0.39, 0.29) is 11.8 Å². The summed E-state index contributed by atoms with van der Waals surface area (Å²) < 4.78 is 0. The van der Waals surface area contributed by atoms with Crippen molar-refractivity contribution in [2.75, 3.05) is 4.90 Å². The van der Waals surface area contributed by atoms with Gasteiger partial charge >= 0.3 is 0 Å². The van der Waals surface area contributed by atoms with Crippen molar-refractivity contribution >= 4 is 46.4 Å². The van der Waals surface area contributed by atoms with E-state index in [0.717, 1.165) is 21.6 Å². The van der Waals surface area contributed by atoms with Crippen LogP contribution in [-0.2, 0) is 9.59 Å². The molecule has 0 saturated heterocycles. The van der Waals surface area contributed by atoms with E-state index < -0.39 is 0 Å². The minimum atomic E-state index is -0.303. The second-order valence-electron chi connectivity index (χ2n) is 6.86. The van der Waals surface area contributed by atoms with Crippen molar-refractivity contribution in [1.82, 2.24) is 0 Å². The van der Waals surface area contributed by atoms with Gasteiger partial charge in [-0.2, -0.15) is 0 Å². The van der Waals surface area contributed by atoms with Crippen molar-refractivity contribution < 1.29 is 9.59 Å². The minimum absolute atomic E-state index is 0.300. The van der Waals surface area contributed by atoms with E-state index >= 15 is 0 Å². The third kappa shape index (κ3) is 3.74. The quantitative estimate of drug-likeness (QED) is 0.484. The van der Waals surface area contributed by atoms with Crippen LogP contribution in [0.2, 0.25) is 5.02 Å². The highest BCUT2D eigenvalue weighted by Crippen LogP contribution is 2.42. The number of carbonyl (C=O) groups is 2. The largest absolute Gasteiger partial charge is 0.272 e. The molecule has 0 spiro atoms. The maximum Gasteiger partial charge on any atom is 0.272 e. The smallest absolute Gasteiger partial charge is 0.268 e. The molecule has 3 aromatic rings. The van der Waals surface area contributed by atoms with Crippen molar-refractivity contribution in [3.05, 3.63) is 99.4 Å². The van der Waals surface area contributed by atoms with Crippen LogP contribution in [0, 0.1) is 13.8 Å². The summed E-state index contributed by atoms with van der Waals surface area (Å²) in [4.78, 5) is 29.4. The minimum Gasteiger partial charge on any atom is -0.268 e. The van der Waals surface area contributed by atoms with Gasteiger partial charge in [-0.15, -0.1) is 0 Å². The monoisotopic (exact) mass is 419 g/mol. The highest BCUT2D eigenvalue weighted by atomic mass is 35.5. The number of benzene rings is 3. The normalized spacial score (nSPS) is 14.1. The average molecular weight is 420 g/mol. The Bertz CT molecular complexity index is 1140. The van der Waals surface area contributed by atoms with Crippen molar-refractivity contribution in [2.24, 2.45) is 0 Å². The Morgan fingerprint density at radius 1 is 0.828 bits per heavy atom. The lowest BCUT2D eigenvalue weighted by Gasteiger charge is -2.18. The molecule has 3 aromatic carbocycles. The Morgan fingerprint density at radius 3 is 2.21 bits per heavy atom. The molecule has 0 bridgehead atoms. The van der Waals surface area contributed by atoms with Gasteiger partial charge < -0.3 is 0 Å². The SMILES string of the molecule is Cc1ccc(C)c(N2C(=O)C(Sc3ccc(Cl)cc3)=C(c3ccccc3)C2=O)c1. The predicted molar refractivity (Wildman–Crippen MR) is 119 cm³/mol. The van der Waals surface area contributed by atoms with Crippen LogP contribution in [0.3, 0.4) is 0 Å². The molecular formula is C24H18ClNO2S. The number of nitrogens with zero attached hydrogens (tertiary/aromatic N) is 1. The number of carbonyl (C=O) groups excluding carboxylic acids is 2. The summed E-state index contributed by atoms with van der Waals surface area (Å²) in [6.07, 6.45) is 0. The van der Waals surface area contributed by atoms with Crippen LogP contribution in [-0.4, -0.2) is 11.8 Å². The standard InChI is InChI=1S/C24H18ClNO2S/c1-15-8-9-16(2)20(14-15)26-23(27)21(17-6-4-3-5-7-17)22(24(26)28)29-19-12-10-18(25)11-13-19/h3-14H,1-2H3. The summed E-state index contributed by atoms with van der Waals surface area (Å²) in [6.45, 7) is 3.85. The van der Waals surface area contributed by atoms with E-state index in [9.17, 15) is 9.59 Å². The number of rotatable bonds is 4. The zero-order valence-corrected chi connectivity index (χ0v) is 17.6. The lowest BCUT2D eigenvalue weighted by Crippen LogP contribution is -2.32. The van der Waals surface area contributed by atoms with E-state index in [1.54, 1.807) is 12.1 Å². The fourth-order valence-electron chi connectivity index (χ4n) is 3.26. The topological polar surface area (TPSA) is 37.4 Å². The van der Waals surface area contributed by atoms with Crippen LogP contribution in [0.15, 0.2) is 82.6 Å². The molecule has 3 nitrogen and oxygen atoms in total. The molecule has 0 saturated carbocycles. The first-order valence-corrected chi connectivity index (χ1v) is 10.3. The molecule has 0 aromatic heterocycles. The van der Waals surface area contributed by atoms with Crippen molar-refractivity contribution in [2.45, 2.75) is 18.7 Å². The Balaban J connectivity index is 1.84. The van der Waals surface area contributed by atoms with Crippen LogP contribution in [0.4, 0.5) is 5.69 Å². The van der Waals surface area contributed by atoms with Gasteiger partial charge in [0.1, 0.15) is 0 Å². The van der Waals surface area contributed by atoms with Crippen LogP contribution < -0.4 is 4.90 Å². The summed E-state index contributed by atoms with van der Waals surface area (Å²) in [6, 6.07) is 22.4. The maximum absolute atomic E-state index is 13.4. The van der Waals surface area contributed by atoms with Gasteiger partial charge in [-0.05, 0) is 60.9 Å². The molecule has 0 unspecified atom stereocenters. The van der Waals surface area contributed by atoms with E-state index in [2.05, 4.69) is 0 Å². The summed E-state index contributed by atoms with van der Waals surface area (Å²) in [5, 5.41) is 0.623. The van der Waals surface area contributed by atoms with Crippen LogP contribution in [0.1, 0.15) is 16.7 Å². The Labute approximate surface area is 179 Å². The van der Waals surface area contributed by atoms with Gasteiger partial charge in [0, 0.05) is 9.92 Å². The number of imide groups is 1. The number of anilines is 1. The van der Waals surface area contributed by atoms with Gasteiger partial charge in [-0.1, -0.05) is 65.8 Å². The van der Waals surface area contributed by atoms with Crippen LogP contribution in [0.5, 0.6) is 0 Å². The molecule has 1 heterocycles. The fourth-order valence-corrected chi connectivity index (χ4v) is 4.38. The van der Waals surface area contributed by atoms with E-state index in [1.165, 1.54) is 16.7 Å². The molecule has 29 heavy (non-hydrogen) atoms. The lowest BCUT2D eigenvalue weighted by molar-refractivity contribution is -0.119. The zero-order valence-electron chi connectivity index (χ0n) is 16.0. The molecule has 0 N–H and O–H groups in total. The number of hydrogen-bond acceptors (Lipinski definition) is 3. The molecule has 1 aliphatic rings. The Morgan fingerprint density at radius 2 is 1.52 bits per heavy atom. The van der Waals surface area contributed by atoms with Crippen molar-refractivity contribution in [1.29, 1.82) is 0 Å². The average Bonchev–Trinajstić information content (AvgIpc) is 2.96. The highest BCUT2D eigenvalue weighted by Gasteiger charge is 2.41. The molecule has 1 aliphatic heterocycles. The summed E-state index contributed by atoms with van der Waals surface area (Å²) in [5.41, 5.74) is 3.65. The lowest BCUT2D eigenvalue weighted by atomic mass is 10.1. The van der Waals surface area contributed by atoms with Gasteiger partial charge in [-0.3, -0.25) is 9.59 Å². The summed E-state index contributed by atoms with van der Waals surface area (Å²) in [7, 11) is 0. The second-order valence-corrected chi connectivity index (χ2v) is 8.38. The highest BCUT2D eigenvalue weighted by molar-refractivity contribution is 8.04. The molecule has 2 amide bonds. The Kier molecular flexibility index (Phi) is 5.31. The molecular weight excluding hydrogens is 402 g/mol. The zero-order chi connectivity index (χ0) is 20.5. The van der Waals surface area contributed by atoms with E-state index in [4.69, 9.17) is 11.6 Å². The molecule has 0 radical (unpaired) electrons. The van der Waals surface area contributed by atoms with E-state index in [1.807, 2.05) is 74.5 Å². The third-order valence-corrected chi connectivity index (χ3v) is 6.09. The maximum atomic E-state index is 13.4. The molecule has 0 fully saturated rings. The van der Waals surface area contributed by atoms with Gasteiger partial charge in [0.15, 0.2) is 0 Å². The van der Waals surface area contributed by atoms with Gasteiger partial charge in [-0.25, -0.2) is 4.90 Å². The van der Waals surface area contributed by atoms with Crippen molar-refractivity contribution in [3.63, 3.8) is 0 Å². The van der Waals surface area contributed by atoms with Crippen molar-refractivity contribution in [3.8, 4) is 0 Å². The predicted octanol–water partition coefficient (Wildman–Crippen LogP) is 6.03. The number of aryl methyl sites for hydroxylation is 2.